The van der Waals surface area contributed by atoms with Gasteiger partial charge in [-0.1, -0.05) is 11.3 Å². The first-order valence-electron chi connectivity index (χ1n) is 7.43. The lowest BCUT2D eigenvalue weighted by molar-refractivity contribution is -0.384. The molecule has 26 heavy (non-hydrogen) atoms. The van der Waals surface area contributed by atoms with Gasteiger partial charge in [-0.05, 0) is 48.0 Å². The molecule has 0 spiro atoms. The molecule has 0 aliphatic carbocycles. The fraction of sp³-hybridized carbons (Fsp3) is 0. The fourth-order valence-corrected chi connectivity index (χ4v) is 3.31. The molecule has 0 unspecified atom stereocenters. The molecule has 0 aliphatic rings. The maximum absolute atomic E-state index is 13.0. The maximum atomic E-state index is 13.0. The second-order valence-electron chi connectivity index (χ2n) is 5.40. The number of halogens is 1. The third-order valence-electron chi connectivity index (χ3n) is 3.69. The lowest BCUT2D eigenvalue weighted by Crippen LogP contribution is -2.23. The molecular formula is C17H9FN4O3S. The van der Waals surface area contributed by atoms with Crippen LogP contribution in [0.5, 0.6) is 0 Å². The van der Waals surface area contributed by atoms with Crippen LogP contribution in [-0.4, -0.2) is 19.5 Å². The molecule has 2 aromatic heterocycles. The molecule has 128 valence electrons. The van der Waals surface area contributed by atoms with Crippen LogP contribution in [0.1, 0.15) is 5.56 Å². The second-order valence-corrected chi connectivity index (χ2v) is 6.41. The molecule has 0 saturated heterocycles. The number of fused-ring (bicyclic) bond motifs is 1. The van der Waals surface area contributed by atoms with Crippen molar-refractivity contribution in [1.82, 2.24) is 14.6 Å². The van der Waals surface area contributed by atoms with Gasteiger partial charge in [0.1, 0.15) is 5.82 Å². The summed E-state index contributed by atoms with van der Waals surface area (Å²) in [7, 11) is 0. The lowest BCUT2D eigenvalue weighted by Gasteiger charge is -1.93. The second kappa shape index (κ2) is 6.12. The number of nitro benzene ring substituents is 1. The summed E-state index contributed by atoms with van der Waals surface area (Å²) in [4.78, 5) is 27.4. The van der Waals surface area contributed by atoms with Crippen molar-refractivity contribution in [2.24, 2.45) is 0 Å². The largest absolute Gasteiger partial charge is 0.291 e. The van der Waals surface area contributed by atoms with Crippen LogP contribution in [0.4, 0.5) is 10.1 Å². The van der Waals surface area contributed by atoms with Crippen molar-refractivity contribution < 1.29 is 9.31 Å². The van der Waals surface area contributed by atoms with Gasteiger partial charge in [0.15, 0.2) is 5.82 Å². The van der Waals surface area contributed by atoms with E-state index in [0.29, 0.717) is 26.4 Å². The van der Waals surface area contributed by atoms with Crippen molar-refractivity contribution in [3.8, 4) is 11.4 Å². The van der Waals surface area contributed by atoms with E-state index in [1.165, 1.54) is 28.8 Å². The first-order valence-corrected chi connectivity index (χ1v) is 8.24. The lowest BCUT2D eigenvalue weighted by atomic mass is 10.2. The topological polar surface area (TPSA) is 90.4 Å². The maximum Gasteiger partial charge on any atom is 0.291 e. The molecule has 2 heterocycles. The van der Waals surface area contributed by atoms with E-state index in [9.17, 15) is 19.3 Å². The molecule has 0 radical (unpaired) electrons. The van der Waals surface area contributed by atoms with E-state index in [1.807, 2.05) is 0 Å². The summed E-state index contributed by atoms with van der Waals surface area (Å²) in [6.07, 6.45) is 1.63. The van der Waals surface area contributed by atoms with E-state index in [0.717, 1.165) is 11.3 Å². The number of hydrogen-bond acceptors (Lipinski definition) is 6. The Kier molecular flexibility index (Phi) is 3.77. The SMILES string of the molecule is O=c1c(=Cc2ccc([N+](=O)[O-])cc2)sc2nc(-c3ccc(F)cc3)nn12. The minimum absolute atomic E-state index is 0.0175. The van der Waals surface area contributed by atoms with Gasteiger partial charge in [0, 0.05) is 17.7 Å². The Balaban J connectivity index is 1.74. The van der Waals surface area contributed by atoms with E-state index >= 15 is 0 Å². The molecule has 0 aliphatic heterocycles. The smallest absolute Gasteiger partial charge is 0.266 e. The Bertz CT molecular complexity index is 1230. The summed E-state index contributed by atoms with van der Waals surface area (Å²) in [5, 5.41) is 14.9. The third-order valence-corrected chi connectivity index (χ3v) is 4.65. The average Bonchev–Trinajstić information content (AvgIpc) is 3.16. The van der Waals surface area contributed by atoms with Gasteiger partial charge in [0.2, 0.25) is 4.96 Å². The summed E-state index contributed by atoms with van der Waals surface area (Å²) in [5.74, 6) is -0.0190. The number of aromatic nitrogens is 3. The normalized spacial score (nSPS) is 12.0. The Labute approximate surface area is 148 Å². The Morgan fingerprint density at radius 3 is 2.42 bits per heavy atom. The zero-order valence-corrected chi connectivity index (χ0v) is 13.8. The van der Waals surface area contributed by atoms with Gasteiger partial charge in [0.05, 0.1) is 9.46 Å². The van der Waals surface area contributed by atoms with Crippen molar-refractivity contribution in [1.29, 1.82) is 0 Å². The van der Waals surface area contributed by atoms with Crippen LogP contribution in [0.15, 0.2) is 53.3 Å². The molecular weight excluding hydrogens is 359 g/mol. The summed E-state index contributed by atoms with van der Waals surface area (Å²) in [5.41, 5.74) is 0.929. The molecule has 0 fully saturated rings. The van der Waals surface area contributed by atoms with Crippen LogP contribution in [0.3, 0.4) is 0 Å². The van der Waals surface area contributed by atoms with Gasteiger partial charge < -0.3 is 0 Å². The van der Waals surface area contributed by atoms with Gasteiger partial charge in [-0.15, -0.1) is 5.10 Å². The highest BCUT2D eigenvalue weighted by atomic mass is 32.1. The predicted molar refractivity (Wildman–Crippen MR) is 94.4 cm³/mol. The van der Waals surface area contributed by atoms with Crippen LogP contribution < -0.4 is 10.1 Å². The van der Waals surface area contributed by atoms with Gasteiger partial charge in [-0.3, -0.25) is 14.9 Å². The fourth-order valence-electron chi connectivity index (χ4n) is 2.40. The summed E-state index contributed by atoms with van der Waals surface area (Å²) in [6, 6.07) is 11.6. The monoisotopic (exact) mass is 368 g/mol. The number of nitrogens with zero attached hydrogens (tertiary/aromatic N) is 4. The van der Waals surface area contributed by atoms with E-state index in [2.05, 4.69) is 10.1 Å². The van der Waals surface area contributed by atoms with Crippen LogP contribution >= 0.6 is 11.3 Å². The van der Waals surface area contributed by atoms with Gasteiger partial charge in [-0.2, -0.15) is 9.50 Å². The third kappa shape index (κ3) is 2.84. The summed E-state index contributed by atoms with van der Waals surface area (Å²) < 4.78 is 14.6. The van der Waals surface area contributed by atoms with Crippen molar-refractivity contribution in [2.75, 3.05) is 0 Å². The Hall–Kier alpha value is -3.46. The van der Waals surface area contributed by atoms with Gasteiger partial charge in [-0.25, -0.2) is 4.39 Å². The molecule has 9 heteroatoms. The first-order chi connectivity index (χ1) is 12.5. The van der Waals surface area contributed by atoms with Crippen molar-refractivity contribution >= 4 is 28.1 Å². The summed E-state index contributed by atoms with van der Waals surface area (Å²) in [6.45, 7) is 0. The molecule has 7 nitrogen and oxygen atoms in total. The number of nitro groups is 1. The molecule has 0 atom stereocenters. The quantitative estimate of drug-likeness (QED) is 0.409. The Morgan fingerprint density at radius 2 is 1.81 bits per heavy atom. The average molecular weight is 368 g/mol. The highest BCUT2D eigenvalue weighted by Gasteiger charge is 2.12. The van der Waals surface area contributed by atoms with E-state index in [4.69, 9.17) is 0 Å². The molecule has 0 saturated carbocycles. The highest BCUT2D eigenvalue weighted by Crippen LogP contribution is 2.17. The van der Waals surface area contributed by atoms with E-state index in [1.54, 1.807) is 30.3 Å². The van der Waals surface area contributed by atoms with Crippen molar-refractivity contribution in [3.05, 3.63) is 84.9 Å². The minimum Gasteiger partial charge on any atom is -0.266 e. The molecule has 4 aromatic rings. The molecule has 4 rings (SSSR count). The van der Waals surface area contributed by atoms with Crippen molar-refractivity contribution in [2.45, 2.75) is 0 Å². The first kappa shape index (κ1) is 16.0. The van der Waals surface area contributed by atoms with Gasteiger partial charge in [0.25, 0.3) is 11.2 Å². The number of rotatable bonds is 3. The number of hydrogen-bond donors (Lipinski definition) is 0. The van der Waals surface area contributed by atoms with Crippen LogP contribution in [-0.2, 0) is 0 Å². The highest BCUT2D eigenvalue weighted by molar-refractivity contribution is 7.15. The zero-order chi connectivity index (χ0) is 18.3. The molecule has 0 bridgehead atoms. The predicted octanol–water partition coefficient (Wildman–Crippen LogP) is 2.41. The molecule has 0 amide bonds. The number of benzene rings is 2. The van der Waals surface area contributed by atoms with Crippen molar-refractivity contribution in [3.63, 3.8) is 0 Å². The van der Waals surface area contributed by atoms with E-state index in [-0.39, 0.29) is 17.1 Å². The van der Waals surface area contributed by atoms with Gasteiger partial charge >= 0.3 is 0 Å². The Morgan fingerprint density at radius 1 is 1.12 bits per heavy atom. The number of non-ortho nitro benzene ring substituents is 1. The zero-order valence-electron chi connectivity index (χ0n) is 13.0. The minimum atomic E-state index is -0.483. The van der Waals surface area contributed by atoms with Crippen LogP contribution in [0.25, 0.3) is 22.4 Å². The van der Waals surface area contributed by atoms with E-state index < -0.39 is 4.92 Å². The molecule has 2 aromatic carbocycles. The standard InChI is InChI=1S/C17H9FN4O3S/c18-12-5-3-11(4-6-12)15-19-17-21(20-15)16(23)14(26-17)9-10-1-7-13(8-2-10)22(24)25/h1-9H. The number of thiazole rings is 1. The van der Waals surface area contributed by atoms with Crippen LogP contribution in [0, 0.1) is 15.9 Å². The summed E-state index contributed by atoms with van der Waals surface area (Å²) >= 11 is 1.16. The molecule has 0 N–H and O–H groups in total. The van der Waals surface area contributed by atoms with Crippen LogP contribution in [0.2, 0.25) is 0 Å².